The molecule has 6 nitrogen and oxygen atoms in total. The van der Waals surface area contributed by atoms with Gasteiger partial charge in [0.25, 0.3) is 11.8 Å². The van der Waals surface area contributed by atoms with Gasteiger partial charge in [-0.25, -0.2) is 5.43 Å². The molecule has 0 fully saturated rings. The molecule has 30 heavy (non-hydrogen) atoms. The van der Waals surface area contributed by atoms with E-state index in [-0.39, 0.29) is 17.6 Å². The number of aryl methyl sites for hydroxylation is 1. The van der Waals surface area contributed by atoms with E-state index in [0.717, 1.165) is 12.0 Å². The van der Waals surface area contributed by atoms with Crippen LogP contribution in [0.3, 0.4) is 0 Å². The molecule has 1 heterocycles. The minimum absolute atomic E-state index is 0.226. The van der Waals surface area contributed by atoms with Gasteiger partial charge in [-0.2, -0.15) is 5.10 Å². The number of nitrogens with zero attached hydrogens (tertiary/aromatic N) is 1. The van der Waals surface area contributed by atoms with Crippen molar-refractivity contribution < 1.29 is 14.0 Å². The van der Waals surface area contributed by atoms with Gasteiger partial charge in [0, 0.05) is 23.1 Å². The second-order valence-electron chi connectivity index (χ2n) is 7.01. The first-order valence-electron chi connectivity index (χ1n) is 9.65. The Morgan fingerprint density at radius 3 is 2.50 bits per heavy atom. The summed E-state index contributed by atoms with van der Waals surface area (Å²) in [6.45, 7) is 1.82. The van der Waals surface area contributed by atoms with Crippen LogP contribution in [-0.4, -0.2) is 17.5 Å². The van der Waals surface area contributed by atoms with Crippen molar-refractivity contribution in [3.8, 4) is 0 Å². The molecule has 1 aliphatic rings. The van der Waals surface area contributed by atoms with E-state index in [0.29, 0.717) is 46.2 Å². The van der Waals surface area contributed by atoms with Crippen molar-refractivity contribution in [1.29, 1.82) is 0 Å². The van der Waals surface area contributed by atoms with Crippen LogP contribution in [0.5, 0.6) is 0 Å². The second-order valence-corrected chi connectivity index (χ2v) is 7.41. The van der Waals surface area contributed by atoms with Crippen LogP contribution in [0.25, 0.3) is 0 Å². The maximum atomic E-state index is 12.8. The number of hydrogen-bond acceptors (Lipinski definition) is 4. The van der Waals surface area contributed by atoms with Gasteiger partial charge in [-0.1, -0.05) is 41.9 Å². The lowest BCUT2D eigenvalue weighted by molar-refractivity contribution is 0.0953. The normalized spacial score (nSPS) is 14.3. The first-order chi connectivity index (χ1) is 14.5. The van der Waals surface area contributed by atoms with Gasteiger partial charge in [0.05, 0.1) is 16.4 Å². The quantitative estimate of drug-likeness (QED) is 0.583. The second kappa shape index (κ2) is 8.55. The van der Waals surface area contributed by atoms with E-state index < -0.39 is 0 Å². The van der Waals surface area contributed by atoms with Crippen LogP contribution >= 0.6 is 11.6 Å². The Balaban J connectivity index is 1.58. The highest BCUT2D eigenvalue weighted by molar-refractivity contribution is 6.33. The highest BCUT2D eigenvalue weighted by atomic mass is 35.5. The van der Waals surface area contributed by atoms with Gasteiger partial charge in [0.2, 0.25) is 0 Å². The molecular weight excluding hydrogens is 402 g/mol. The number of rotatable bonds is 4. The molecule has 7 heteroatoms. The van der Waals surface area contributed by atoms with Crippen molar-refractivity contribution in [2.24, 2.45) is 5.10 Å². The molecule has 1 aliphatic carbocycles. The van der Waals surface area contributed by atoms with Crippen molar-refractivity contribution in [2.75, 3.05) is 5.32 Å². The predicted octanol–water partition coefficient (Wildman–Crippen LogP) is 4.96. The van der Waals surface area contributed by atoms with Gasteiger partial charge >= 0.3 is 0 Å². The van der Waals surface area contributed by atoms with Crippen molar-refractivity contribution in [2.45, 2.75) is 26.2 Å². The van der Waals surface area contributed by atoms with Crippen molar-refractivity contribution in [1.82, 2.24) is 5.43 Å². The van der Waals surface area contributed by atoms with Gasteiger partial charge in [-0.15, -0.1) is 0 Å². The summed E-state index contributed by atoms with van der Waals surface area (Å²) in [7, 11) is 0. The third kappa shape index (κ3) is 4.00. The largest absolute Gasteiger partial charge is 0.455 e. The number of carbonyl (C=O) groups is 2. The fraction of sp³-hybridized carbons (Fsp3) is 0.174. The highest BCUT2D eigenvalue weighted by Gasteiger charge is 2.28. The molecule has 0 saturated heterocycles. The maximum Gasteiger partial charge on any atom is 0.291 e. The molecule has 2 amide bonds. The molecule has 0 radical (unpaired) electrons. The third-order valence-corrected chi connectivity index (χ3v) is 5.31. The average Bonchev–Trinajstić information content (AvgIpc) is 3.11. The Kier molecular flexibility index (Phi) is 5.68. The zero-order valence-electron chi connectivity index (χ0n) is 16.4. The fourth-order valence-corrected chi connectivity index (χ4v) is 3.69. The van der Waals surface area contributed by atoms with E-state index >= 15 is 0 Å². The standard InChI is InChI=1S/C23H20ClN3O3/c1-14-20-18(26-27-22(28)15-8-3-2-4-9-15)12-7-13-19(20)30-21(14)23(29)25-17-11-6-5-10-16(17)24/h2-6,8-11H,7,12-13H2,1H3,(H,25,29)(H,27,28)/b26-18+. The zero-order chi connectivity index (χ0) is 21.1. The van der Waals surface area contributed by atoms with Gasteiger partial charge < -0.3 is 9.73 Å². The van der Waals surface area contributed by atoms with Crippen molar-refractivity contribution in [3.05, 3.63) is 87.8 Å². The van der Waals surface area contributed by atoms with Crippen molar-refractivity contribution in [3.63, 3.8) is 0 Å². The number of anilines is 1. The molecule has 0 saturated carbocycles. The monoisotopic (exact) mass is 421 g/mol. The summed E-state index contributed by atoms with van der Waals surface area (Å²) < 4.78 is 5.88. The summed E-state index contributed by atoms with van der Waals surface area (Å²) in [5.41, 5.74) is 5.85. The summed E-state index contributed by atoms with van der Waals surface area (Å²) in [6, 6.07) is 15.9. The summed E-state index contributed by atoms with van der Waals surface area (Å²) in [4.78, 5) is 25.1. The average molecular weight is 422 g/mol. The molecule has 4 rings (SSSR count). The Morgan fingerprint density at radius 2 is 1.73 bits per heavy atom. The maximum absolute atomic E-state index is 12.8. The van der Waals surface area contributed by atoms with Crippen LogP contribution in [0.1, 0.15) is 50.6 Å². The lowest BCUT2D eigenvalue weighted by atomic mass is 9.93. The van der Waals surface area contributed by atoms with Gasteiger partial charge in [-0.05, 0) is 44.0 Å². The molecule has 3 aromatic rings. The molecule has 2 aromatic carbocycles. The number of furan rings is 1. The minimum atomic E-state index is -0.373. The number of carbonyl (C=O) groups excluding carboxylic acids is 2. The third-order valence-electron chi connectivity index (χ3n) is 4.98. The van der Waals surface area contributed by atoms with E-state index in [2.05, 4.69) is 15.8 Å². The first kappa shape index (κ1) is 19.9. The number of nitrogens with one attached hydrogen (secondary N) is 2. The van der Waals surface area contributed by atoms with Crippen LogP contribution in [0, 0.1) is 6.92 Å². The molecule has 0 bridgehead atoms. The lowest BCUT2D eigenvalue weighted by Crippen LogP contribution is -2.22. The van der Waals surface area contributed by atoms with Gasteiger partial charge in [0.1, 0.15) is 5.76 Å². The van der Waals surface area contributed by atoms with Crippen LogP contribution in [0.2, 0.25) is 5.02 Å². The van der Waals surface area contributed by atoms with Gasteiger partial charge in [0.15, 0.2) is 5.76 Å². The van der Waals surface area contributed by atoms with E-state index in [9.17, 15) is 9.59 Å². The molecular formula is C23H20ClN3O3. The number of fused-ring (bicyclic) bond motifs is 1. The molecule has 1 aromatic heterocycles. The number of halogens is 1. The topological polar surface area (TPSA) is 83.7 Å². The molecule has 0 spiro atoms. The summed E-state index contributed by atoms with van der Waals surface area (Å²) in [5, 5.41) is 7.58. The molecule has 0 aliphatic heterocycles. The smallest absolute Gasteiger partial charge is 0.291 e. The summed E-state index contributed by atoms with van der Waals surface area (Å²) in [5.74, 6) is 0.274. The Bertz CT molecular complexity index is 1140. The molecule has 2 N–H and O–H groups in total. The molecule has 0 unspecified atom stereocenters. The van der Waals surface area contributed by atoms with E-state index in [4.69, 9.17) is 16.0 Å². The molecule has 152 valence electrons. The minimum Gasteiger partial charge on any atom is -0.455 e. The van der Waals surface area contributed by atoms with E-state index in [1.165, 1.54) is 0 Å². The number of para-hydroxylation sites is 1. The Labute approximate surface area is 178 Å². The Hall–Kier alpha value is -3.38. The number of amides is 2. The highest BCUT2D eigenvalue weighted by Crippen LogP contribution is 2.31. The van der Waals surface area contributed by atoms with Crippen LogP contribution in [0.15, 0.2) is 64.1 Å². The van der Waals surface area contributed by atoms with Crippen LogP contribution < -0.4 is 10.7 Å². The SMILES string of the molecule is Cc1c(C(=O)Nc2ccccc2Cl)oc2c1/C(=N/NC(=O)c1ccccc1)CCC2. The summed E-state index contributed by atoms with van der Waals surface area (Å²) in [6.07, 6.45) is 2.22. The predicted molar refractivity (Wildman–Crippen MR) is 116 cm³/mol. The van der Waals surface area contributed by atoms with Crippen molar-refractivity contribution >= 4 is 34.8 Å². The Morgan fingerprint density at radius 1 is 1.00 bits per heavy atom. The lowest BCUT2D eigenvalue weighted by Gasteiger charge is -2.13. The first-order valence-corrected chi connectivity index (χ1v) is 10.0. The van der Waals surface area contributed by atoms with E-state index in [1.807, 2.05) is 13.0 Å². The molecule has 0 atom stereocenters. The number of hydrazone groups is 1. The van der Waals surface area contributed by atoms with E-state index in [1.54, 1.807) is 48.5 Å². The van der Waals surface area contributed by atoms with Crippen LogP contribution in [-0.2, 0) is 6.42 Å². The number of benzene rings is 2. The van der Waals surface area contributed by atoms with Crippen LogP contribution in [0.4, 0.5) is 5.69 Å². The fourth-order valence-electron chi connectivity index (χ4n) is 3.51. The number of hydrogen-bond donors (Lipinski definition) is 2. The summed E-state index contributed by atoms with van der Waals surface area (Å²) >= 11 is 6.14. The van der Waals surface area contributed by atoms with Gasteiger partial charge in [-0.3, -0.25) is 9.59 Å². The zero-order valence-corrected chi connectivity index (χ0v) is 17.1.